The lowest BCUT2D eigenvalue weighted by Crippen LogP contribution is -2.63. The Labute approximate surface area is 127 Å². The molecule has 8 N–H and O–H groups in total. The molecule has 0 aliphatic rings. The van der Waals surface area contributed by atoms with Crippen molar-refractivity contribution in [1.29, 1.82) is 0 Å². The van der Waals surface area contributed by atoms with Crippen molar-refractivity contribution >= 4 is 23.9 Å². The Morgan fingerprint density at radius 3 is 1.09 bits per heavy atom. The molecule has 10 nitrogen and oxygen atoms in total. The van der Waals surface area contributed by atoms with E-state index in [1.54, 1.807) is 0 Å². The molecule has 0 unspecified atom stereocenters. The van der Waals surface area contributed by atoms with E-state index in [4.69, 9.17) is 10.2 Å². The average molecular weight is 324 g/mol. The van der Waals surface area contributed by atoms with E-state index in [9.17, 15) is 29.4 Å². The number of quaternary nitrogens is 2. The van der Waals surface area contributed by atoms with Crippen LogP contribution in [0, 0.1) is 0 Å². The molecule has 0 saturated heterocycles. The Hall–Kier alpha value is -2.20. The van der Waals surface area contributed by atoms with Crippen LogP contribution in [0.15, 0.2) is 0 Å². The van der Waals surface area contributed by atoms with Gasteiger partial charge in [-0.15, -0.1) is 0 Å². The molecule has 0 saturated carbocycles. The van der Waals surface area contributed by atoms with E-state index < -0.39 is 36.0 Å². The van der Waals surface area contributed by atoms with Gasteiger partial charge in [-0.1, -0.05) is 0 Å². The van der Waals surface area contributed by atoms with Crippen LogP contribution in [0.2, 0.25) is 0 Å². The molecule has 0 heterocycles. The summed E-state index contributed by atoms with van der Waals surface area (Å²) >= 11 is 0. The van der Waals surface area contributed by atoms with Crippen LogP contribution in [-0.2, 0) is 19.2 Å². The number of hydrogen-bond acceptors (Lipinski definition) is 6. The Bertz CT molecular complexity index is 321. The lowest BCUT2D eigenvalue weighted by Gasteiger charge is -2.01. The molecule has 0 rings (SSSR count). The average Bonchev–Trinajstić information content (AvgIpc) is 2.35. The zero-order chi connectivity index (χ0) is 18.3. The normalized spacial score (nSPS) is 11.6. The Balaban J connectivity index is -0.000000261. The summed E-state index contributed by atoms with van der Waals surface area (Å²) in [6, 6.07) is -0.963. The second-order valence-corrected chi connectivity index (χ2v) is 4.43. The third-order valence-corrected chi connectivity index (χ3v) is 1.85. The Morgan fingerprint density at radius 1 is 0.818 bits per heavy atom. The molecule has 130 valence electrons. The van der Waals surface area contributed by atoms with Crippen LogP contribution in [0.4, 0.5) is 0 Å². The SMILES string of the molecule is C[C@H]([NH3+])C(=O)O.C[C@H]([NH3+])C(=O)O.O=C([O-])CCCCC(=O)[O-]. The monoisotopic (exact) mass is 324 g/mol. The molecular formula is C12H24N2O8. The number of carboxylic acids is 4. The van der Waals surface area contributed by atoms with Crippen molar-refractivity contribution in [1.82, 2.24) is 0 Å². The first kappa shape index (κ1) is 24.8. The van der Waals surface area contributed by atoms with Crippen molar-refractivity contribution in [2.24, 2.45) is 0 Å². The molecule has 10 heteroatoms. The fourth-order valence-electron chi connectivity index (χ4n) is 0.539. The first-order valence-corrected chi connectivity index (χ1v) is 6.43. The third-order valence-electron chi connectivity index (χ3n) is 1.85. The number of unbranched alkanes of at least 4 members (excludes halogenated alkanes) is 1. The molecule has 2 atom stereocenters. The zero-order valence-electron chi connectivity index (χ0n) is 12.7. The molecule has 0 radical (unpaired) electrons. The van der Waals surface area contributed by atoms with Gasteiger partial charge >= 0.3 is 11.9 Å². The summed E-state index contributed by atoms with van der Waals surface area (Å²) in [6.45, 7) is 3.06. The van der Waals surface area contributed by atoms with E-state index in [2.05, 4.69) is 11.5 Å². The number of rotatable bonds is 7. The van der Waals surface area contributed by atoms with Crippen molar-refractivity contribution < 1.29 is 51.1 Å². The van der Waals surface area contributed by atoms with Gasteiger partial charge in [-0.05, 0) is 39.5 Å². The van der Waals surface area contributed by atoms with Crippen molar-refractivity contribution in [2.45, 2.75) is 51.6 Å². The number of carbonyl (C=O) groups excluding carboxylic acids is 2. The van der Waals surface area contributed by atoms with Crippen molar-refractivity contribution in [3.8, 4) is 0 Å². The number of hydrogen-bond donors (Lipinski definition) is 4. The van der Waals surface area contributed by atoms with Gasteiger partial charge < -0.3 is 41.5 Å². The molecule has 0 aromatic carbocycles. The van der Waals surface area contributed by atoms with E-state index in [1.807, 2.05) is 0 Å². The highest BCUT2D eigenvalue weighted by molar-refractivity contribution is 5.71. The third kappa shape index (κ3) is 30.7. The maximum Gasteiger partial charge on any atom is 0.362 e. The number of carbonyl (C=O) groups is 4. The van der Waals surface area contributed by atoms with Gasteiger partial charge in [-0.2, -0.15) is 0 Å². The summed E-state index contributed by atoms with van der Waals surface area (Å²) in [5.41, 5.74) is 6.48. The molecule has 0 aliphatic heterocycles. The first-order valence-electron chi connectivity index (χ1n) is 6.43. The summed E-state index contributed by atoms with van der Waals surface area (Å²) in [5.74, 6) is -3.98. The van der Waals surface area contributed by atoms with Crippen LogP contribution in [0.1, 0.15) is 39.5 Å². The van der Waals surface area contributed by atoms with E-state index in [-0.39, 0.29) is 12.8 Å². The lowest BCUT2D eigenvalue weighted by molar-refractivity contribution is -0.402. The fraction of sp³-hybridized carbons (Fsp3) is 0.667. The molecule has 0 aliphatic carbocycles. The smallest absolute Gasteiger partial charge is 0.362 e. The van der Waals surface area contributed by atoms with Gasteiger partial charge in [0.25, 0.3) is 0 Å². The predicted octanol–water partition coefficient (Wildman–Crippen LogP) is -4.55. The molecule has 0 aromatic rings. The summed E-state index contributed by atoms with van der Waals surface area (Å²) in [5, 5.41) is 35.4. The summed E-state index contributed by atoms with van der Waals surface area (Å²) in [6.07, 6.45) is 0.535. The summed E-state index contributed by atoms with van der Waals surface area (Å²) in [4.78, 5) is 38.8. The largest absolute Gasteiger partial charge is 0.550 e. The molecular weight excluding hydrogens is 300 g/mol. The highest BCUT2D eigenvalue weighted by Gasteiger charge is 2.04. The first-order chi connectivity index (χ1) is 9.91. The minimum atomic E-state index is -1.14. The zero-order valence-corrected chi connectivity index (χ0v) is 12.7. The standard InChI is InChI=1S/C6H10O4.2C3H7NO2/c7-5(8)3-1-2-4-6(9)10;2*1-2(4)3(5)6/h1-4H2,(H,7,8)(H,9,10);2*2H,4H2,1H3,(H,5,6)/t;2*2-/m.00/s1. The van der Waals surface area contributed by atoms with Crippen LogP contribution in [0.25, 0.3) is 0 Å². The molecule has 0 aromatic heterocycles. The molecule has 22 heavy (non-hydrogen) atoms. The van der Waals surface area contributed by atoms with E-state index >= 15 is 0 Å². The van der Waals surface area contributed by atoms with Crippen molar-refractivity contribution in [2.75, 3.05) is 0 Å². The van der Waals surface area contributed by atoms with Gasteiger partial charge in [0.15, 0.2) is 12.1 Å². The number of carboxylic acid groups (broad SMARTS) is 4. The highest BCUT2D eigenvalue weighted by atomic mass is 16.4. The van der Waals surface area contributed by atoms with Crippen LogP contribution < -0.4 is 21.7 Å². The lowest BCUT2D eigenvalue weighted by atomic mass is 10.2. The van der Waals surface area contributed by atoms with E-state index in [0.717, 1.165) is 0 Å². The van der Waals surface area contributed by atoms with Gasteiger partial charge in [0.05, 0.1) is 0 Å². The van der Waals surface area contributed by atoms with Gasteiger partial charge in [0.1, 0.15) is 0 Å². The van der Waals surface area contributed by atoms with Crippen LogP contribution in [0.5, 0.6) is 0 Å². The summed E-state index contributed by atoms with van der Waals surface area (Å²) in [7, 11) is 0. The quantitative estimate of drug-likeness (QED) is 0.334. The van der Waals surface area contributed by atoms with Crippen molar-refractivity contribution in [3.05, 3.63) is 0 Å². The predicted molar refractivity (Wildman–Crippen MR) is 68.5 cm³/mol. The highest BCUT2D eigenvalue weighted by Crippen LogP contribution is 1.96. The van der Waals surface area contributed by atoms with Crippen LogP contribution in [0.3, 0.4) is 0 Å². The molecule has 0 spiro atoms. The van der Waals surface area contributed by atoms with Gasteiger partial charge in [0, 0.05) is 11.9 Å². The van der Waals surface area contributed by atoms with E-state index in [0.29, 0.717) is 12.8 Å². The van der Waals surface area contributed by atoms with E-state index in [1.165, 1.54) is 13.8 Å². The molecule has 0 amide bonds. The fourth-order valence-corrected chi connectivity index (χ4v) is 0.539. The maximum atomic E-state index is 9.77. The maximum absolute atomic E-state index is 9.77. The minimum absolute atomic E-state index is 0.0761. The second kappa shape index (κ2) is 15.2. The van der Waals surface area contributed by atoms with Crippen molar-refractivity contribution in [3.63, 3.8) is 0 Å². The summed E-state index contributed by atoms with van der Waals surface area (Å²) < 4.78 is 0. The molecule has 0 bridgehead atoms. The Kier molecular flexibility index (Phi) is 17.1. The topological polar surface area (TPSA) is 210 Å². The van der Waals surface area contributed by atoms with Gasteiger partial charge in [0.2, 0.25) is 0 Å². The van der Waals surface area contributed by atoms with Gasteiger partial charge in [-0.25, -0.2) is 9.59 Å². The Morgan fingerprint density at radius 2 is 1.00 bits per heavy atom. The van der Waals surface area contributed by atoms with Crippen LogP contribution >= 0.6 is 0 Å². The van der Waals surface area contributed by atoms with Crippen LogP contribution in [-0.4, -0.2) is 46.2 Å². The second-order valence-electron chi connectivity index (χ2n) is 4.43. The number of aliphatic carboxylic acids is 4. The molecule has 0 fully saturated rings. The minimum Gasteiger partial charge on any atom is -0.550 e. The van der Waals surface area contributed by atoms with Gasteiger partial charge in [-0.3, -0.25) is 0 Å².